The van der Waals surface area contributed by atoms with Gasteiger partial charge in [0.05, 0.1) is 6.61 Å². The molecule has 1 heterocycles. The van der Waals surface area contributed by atoms with Gasteiger partial charge in [0, 0.05) is 11.8 Å². The zero-order chi connectivity index (χ0) is 15.5. The van der Waals surface area contributed by atoms with Crippen LogP contribution in [0.1, 0.15) is 35.8 Å². The van der Waals surface area contributed by atoms with Crippen molar-refractivity contribution < 1.29 is 9.84 Å². The first-order valence-corrected chi connectivity index (χ1v) is 8.55. The summed E-state index contributed by atoms with van der Waals surface area (Å²) in [5, 5.41) is 18.5. The van der Waals surface area contributed by atoms with Crippen LogP contribution in [-0.2, 0) is 6.61 Å². The van der Waals surface area contributed by atoms with Gasteiger partial charge in [-0.25, -0.2) is 0 Å². The van der Waals surface area contributed by atoms with E-state index in [1.165, 1.54) is 5.56 Å². The number of hydrogen-bond acceptors (Lipinski definition) is 5. The van der Waals surface area contributed by atoms with Gasteiger partial charge in [-0.2, -0.15) is 0 Å². The molecular formula is C16H21N3O2S. The first-order chi connectivity index (χ1) is 10.7. The van der Waals surface area contributed by atoms with E-state index < -0.39 is 0 Å². The SMILES string of the molecule is Cc1ccc(C)c(OCCSc2nnc(CO)n2C2CC2)c1. The highest BCUT2D eigenvalue weighted by molar-refractivity contribution is 7.99. The van der Waals surface area contributed by atoms with Crippen molar-refractivity contribution in [1.29, 1.82) is 0 Å². The van der Waals surface area contributed by atoms with Crippen molar-refractivity contribution in [3.63, 3.8) is 0 Å². The van der Waals surface area contributed by atoms with E-state index in [4.69, 9.17) is 4.74 Å². The van der Waals surface area contributed by atoms with E-state index in [9.17, 15) is 5.11 Å². The van der Waals surface area contributed by atoms with E-state index in [0.717, 1.165) is 35.1 Å². The summed E-state index contributed by atoms with van der Waals surface area (Å²) in [5.74, 6) is 2.42. The van der Waals surface area contributed by atoms with Gasteiger partial charge in [0.2, 0.25) is 0 Å². The number of aryl methyl sites for hydroxylation is 2. The van der Waals surface area contributed by atoms with Gasteiger partial charge in [-0.05, 0) is 43.9 Å². The number of aliphatic hydroxyl groups excluding tert-OH is 1. The van der Waals surface area contributed by atoms with Gasteiger partial charge in [0.1, 0.15) is 12.4 Å². The van der Waals surface area contributed by atoms with E-state index >= 15 is 0 Å². The van der Waals surface area contributed by atoms with Crippen LogP contribution < -0.4 is 4.74 Å². The standard InChI is InChI=1S/C16H21N3O2S/c1-11-3-4-12(2)14(9-11)21-7-8-22-16-18-17-15(10-20)19(16)13-5-6-13/h3-4,9,13,20H,5-8,10H2,1-2H3. The molecule has 0 bridgehead atoms. The molecule has 22 heavy (non-hydrogen) atoms. The minimum absolute atomic E-state index is 0.0525. The molecule has 3 rings (SSSR count). The Bertz CT molecular complexity index is 653. The molecule has 1 fully saturated rings. The van der Waals surface area contributed by atoms with Crippen LogP contribution in [0.4, 0.5) is 0 Å². The second-order valence-electron chi connectivity index (χ2n) is 5.62. The number of rotatable bonds is 7. The van der Waals surface area contributed by atoms with Crippen molar-refractivity contribution in [2.45, 2.75) is 44.5 Å². The van der Waals surface area contributed by atoms with Crippen molar-refractivity contribution in [2.75, 3.05) is 12.4 Å². The third-order valence-corrected chi connectivity index (χ3v) is 4.61. The lowest BCUT2D eigenvalue weighted by Crippen LogP contribution is -2.05. The summed E-state index contributed by atoms with van der Waals surface area (Å²) in [5.41, 5.74) is 2.36. The summed E-state index contributed by atoms with van der Waals surface area (Å²) in [6, 6.07) is 6.71. The number of aliphatic hydroxyl groups is 1. The Kier molecular flexibility index (Phi) is 4.69. The van der Waals surface area contributed by atoms with Gasteiger partial charge >= 0.3 is 0 Å². The first kappa shape index (κ1) is 15.4. The molecule has 1 aromatic carbocycles. The molecule has 1 saturated carbocycles. The van der Waals surface area contributed by atoms with E-state index in [1.54, 1.807) is 11.8 Å². The zero-order valence-corrected chi connectivity index (χ0v) is 13.8. The number of ether oxygens (including phenoxy) is 1. The van der Waals surface area contributed by atoms with Crippen molar-refractivity contribution in [3.05, 3.63) is 35.2 Å². The summed E-state index contributed by atoms with van der Waals surface area (Å²) in [4.78, 5) is 0. The minimum atomic E-state index is -0.0525. The molecule has 6 heteroatoms. The fourth-order valence-electron chi connectivity index (χ4n) is 2.36. The maximum atomic E-state index is 9.33. The van der Waals surface area contributed by atoms with Crippen LogP contribution in [0.15, 0.2) is 23.4 Å². The van der Waals surface area contributed by atoms with Crippen LogP contribution in [-0.4, -0.2) is 32.2 Å². The maximum Gasteiger partial charge on any atom is 0.191 e. The summed E-state index contributed by atoms with van der Waals surface area (Å²) in [6.07, 6.45) is 2.30. The lowest BCUT2D eigenvalue weighted by molar-refractivity contribution is 0.263. The molecule has 1 aromatic heterocycles. The molecular weight excluding hydrogens is 298 g/mol. The third-order valence-electron chi connectivity index (χ3n) is 3.70. The van der Waals surface area contributed by atoms with E-state index in [1.807, 2.05) is 0 Å². The second kappa shape index (κ2) is 6.71. The smallest absolute Gasteiger partial charge is 0.191 e. The normalized spacial score (nSPS) is 14.3. The minimum Gasteiger partial charge on any atom is -0.492 e. The fourth-order valence-corrected chi connectivity index (χ4v) is 3.20. The van der Waals surface area contributed by atoms with Crippen LogP contribution in [0.25, 0.3) is 0 Å². The Labute approximate surface area is 134 Å². The van der Waals surface area contributed by atoms with Crippen molar-refractivity contribution in [2.24, 2.45) is 0 Å². The van der Waals surface area contributed by atoms with Gasteiger partial charge in [0.25, 0.3) is 0 Å². The van der Waals surface area contributed by atoms with Crippen molar-refractivity contribution in [3.8, 4) is 5.75 Å². The Morgan fingerprint density at radius 3 is 2.86 bits per heavy atom. The van der Waals surface area contributed by atoms with Crippen LogP contribution in [0.2, 0.25) is 0 Å². The average molecular weight is 319 g/mol. The third kappa shape index (κ3) is 3.44. The lowest BCUT2D eigenvalue weighted by Gasteiger charge is -2.10. The van der Waals surface area contributed by atoms with Crippen molar-refractivity contribution >= 4 is 11.8 Å². The van der Waals surface area contributed by atoms with Crippen molar-refractivity contribution in [1.82, 2.24) is 14.8 Å². The molecule has 0 unspecified atom stereocenters. The molecule has 0 aliphatic heterocycles. The molecule has 0 atom stereocenters. The summed E-state index contributed by atoms with van der Waals surface area (Å²) in [6.45, 7) is 4.69. The van der Waals surface area contributed by atoms with E-state index in [0.29, 0.717) is 18.5 Å². The van der Waals surface area contributed by atoms with Gasteiger partial charge in [0.15, 0.2) is 11.0 Å². The Hall–Kier alpha value is -1.53. The average Bonchev–Trinajstić information content (AvgIpc) is 3.27. The van der Waals surface area contributed by atoms with Gasteiger partial charge < -0.3 is 14.4 Å². The highest BCUT2D eigenvalue weighted by Gasteiger charge is 2.29. The number of benzene rings is 1. The summed E-state index contributed by atoms with van der Waals surface area (Å²) >= 11 is 1.63. The molecule has 0 amide bonds. The highest BCUT2D eigenvalue weighted by atomic mass is 32.2. The number of aromatic nitrogens is 3. The number of thioether (sulfide) groups is 1. The van der Waals surface area contributed by atoms with E-state index in [2.05, 4.69) is 46.8 Å². The number of hydrogen-bond donors (Lipinski definition) is 1. The predicted molar refractivity (Wildman–Crippen MR) is 86.4 cm³/mol. The molecule has 0 spiro atoms. The highest BCUT2D eigenvalue weighted by Crippen LogP contribution is 2.38. The molecule has 1 N–H and O–H groups in total. The van der Waals surface area contributed by atoms with Gasteiger partial charge in [-0.1, -0.05) is 23.9 Å². The quantitative estimate of drug-likeness (QED) is 0.628. The molecule has 5 nitrogen and oxygen atoms in total. The van der Waals surface area contributed by atoms with Crippen LogP contribution in [0.3, 0.4) is 0 Å². The molecule has 0 saturated heterocycles. The zero-order valence-electron chi connectivity index (χ0n) is 13.0. The van der Waals surface area contributed by atoms with Gasteiger partial charge in [-0.3, -0.25) is 0 Å². The predicted octanol–water partition coefficient (Wildman–Crippen LogP) is 2.89. The Morgan fingerprint density at radius 1 is 1.32 bits per heavy atom. The largest absolute Gasteiger partial charge is 0.492 e. The van der Waals surface area contributed by atoms with Gasteiger partial charge in [-0.15, -0.1) is 10.2 Å². The molecule has 0 radical (unpaired) electrons. The van der Waals surface area contributed by atoms with Crippen LogP contribution >= 0.6 is 11.8 Å². The fraction of sp³-hybridized carbons (Fsp3) is 0.500. The molecule has 1 aliphatic carbocycles. The lowest BCUT2D eigenvalue weighted by atomic mass is 10.1. The molecule has 1 aliphatic rings. The Balaban J connectivity index is 1.55. The number of nitrogens with zero attached hydrogens (tertiary/aromatic N) is 3. The molecule has 2 aromatic rings. The van der Waals surface area contributed by atoms with E-state index in [-0.39, 0.29) is 6.61 Å². The molecule has 118 valence electrons. The Morgan fingerprint density at radius 2 is 2.14 bits per heavy atom. The summed E-state index contributed by atoms with van der Waals surface area (Å²) < 4.78 is 7.93. The maximum absolute atomic E-state index is 9.33. The van der Waals surface area contributed by atoms with Crippen LogP contribution in [0, 0.1) is 13.8 Å². The first-order valence-electron chi connectivity index (χ1n) is 7.56. The van der Waals surface area contributed by atoms with Crippen LogP contribution in [0.5, 0.6) is 5.75 Å². The topological polar surface area (TPSA) is 60.2 Å². The monoisotopic (exact) mass is 319 g/mol. The summed E-state index contributed by atoms with van der Waals surface area (Å²) in [7, 11) is 0. The second-order valence-corrected chi connectivity index (χ2v) is 6.69.